The third-order valence-electron chi connectivity index (χ3n) is 1.65. The van der Waals surface area contributed by atoms with Crippen LogP contribution < -0.4 is 4.84 Å². The Hall–Kier alpha value is -1.62. The van der Waals surface area contributed by atoms with E-state index < -0.39 is 0 Å². The van der Waals surface area contributed by atoms with Crippen molar-refractivity contribution in [2.75, 3.05) is 0 Å². The largest absolute Gasteiger partial charge is 0.344 e. The molecule has 0 fully saturated rings. The zero-order valence-electron chi connectivity index (χ0n) is 7.73. The summed E-state index contributed by atoms with van der Waals surface area (Å²) in [6, 6.07) is 7.85. The van der Waals surface area contributed by atoms with Gasteiger partial charge in [-0.15, -0.1) is 0 Å². The van der Waals surface area contributed by atoms with Crippen LogP contribution in [0.5, 0.6) is 5.75 Å². The second-order valence-electron chi connectivity index (χ2n) is 2.84. The maximum atomic E-state index is 5.48. The molecule has 0 saturated heterocycles. The molecule has 0 unspecified atom stereocenters. The minimum atomic E-state index is 0.792. The van der Waals surface area contributed by atoms with Gasteiger partial charge in [-0.2, -0.15) is 0 Å². The fourth-order valence-corrected chi connectivity index (χ4v) is 1.43. The first kappa shape index (κ1) is 8.96. The van der Waals surface area contributed by atoms with E-state index in [1.165, 1.54) is 22.1 Å². The highest BCUT2D eigenvalue weighted by Gasteiger charge is 1.93. The monoisotopic (exact) mass is 209 g/mol. The number of aromatic amines is 2. The fourth-order valence-electron chi connectivity index (χ4n) is 1.06. The van der Waals surface area contributed by atoms with Crippen LogP contribution in [0.4, 0.5) is 0 Å². The van der Waals surface area contributed by atoms with E-state index in [0.29, 0.717) is 0 Å². The minimum Gasteiger partial charge on any atom is -0.344 e. The Morgan fingerprint density at radius 2 is 2.36 bits per heavy atom. The maximum Gasteiger partial charge on any atom is 0.159 e. The lowest BCUT2D eigenvalue weighted by Crippen LogP contribution is -2.11. The molecule has 2 rings (SSSR count). The summed E-state index contributed by atoms with van der Waals surface area (Å²) < 4.78 is 2.92. The van der Waals surface area contributed by atoms with E-state index in [2.05, 4.69) is 9.59 Å². The molecule has 0 radical (unpaired) electrons. The van der Waals surface area contributed by atoms with E-state index in [-0.39, 0.29) is 0 Å². The molecule has 2 aromatic rings. The van der Waals surface area contributed by atoms with Crippen LogP contribution in [-0.2, 0) is 0 Å². The molecule has 14 heavy (non-hydrogen) atoms. The second-order valence-corrected chi connectivity index (χ2v) is 3.53. The van der Waals surface area contributed by atoms with Crippen molar-refractivity contribution < 1.29 is 4.84 Å². The lowest BCUT2D eigenvalue weighted by molar-refractivity contribution is 0.140. The summed E-state index contributed by atoms with van der Waals surface area (Å²) in [7, 11) is 0. The van der Waals surface area contributed by atoms with E-state index in [1.54, 1.807) is 6.20 Å². The molecule has 0 atom stereocenters. The van der Waals surface area contributed by atoms with Gasteiger partial charge in [0.2, 0.25) is 0 Å². The number of aryl methyl sites for hydroxylation is 1. The first-order chi connectivity index (χ1) is 6.84. The van der Waals surface area contributed by atoms with Gasteiger partial charge in [-0.3, -0.25) is 5.10 Å². The lowest BCUT2D eigenvalue weighted by atomic mass is 10.2. The fraction of sp³-hybridized carbons (Fsp3) is 0.111. The molecule has 74 valence electrons. The van der Waals surface area contributed by atoms with Crippen LogP contribution in [0.1, 0.15) is 5.56 Å². The number of benzene rings is 1. The molecule has 0 spiro atoms. The van der Waals surface area contributed by atoms with Gasteiger partial charge in [-0.05, 0) is 41.1 Å². The molecule has 1 heterocycles. The van der Waals surface area contributed by atoms with E-state index in [9.17, 15) is 0 Å². The van der Waals surface area contributed by atoms with E-state index in [0.717, 1.165) is 5.75 Å². The number of hydrogen-bond donors (Lipinski definition) is 2. The highest BCUT2D eigenvalue weighted by Crippen LogP contribution is 2.11. The predicted molar refractivity (Wildman–Crippen MR) is 55.8 cm³/mol. The van der Waals surface area contributed by atoms with Gasteiger partial charge in [0.15, 0.2) is 5.75 Å². The lowest BCUT2D eigenvalue weighted by Gasteiger charge is -2.07. The number of hydrogen-bond acceptors (Lipinski definition) is 2. The average molecular weight is 209 g/mol. The first-order valence-electron chi connectivity index (χ1n) is 4.22. The SMILES string of the molecule is Cc1cccc(On2[nH]ccs[nH]2)c1. The number of H-pyrrole nitrogens is 2. The average Bonchev–Trinajstić information content (AvgIpc) is 2.19. The van der Waals surface area contributed by atoms with Gasteiger partial charge in [-0.25, -0.2) is 4.49 Å². The van der Waals surface area contributed by atoms with Crippen LogP contribution in [0.3, 0.4) is 0 Å². The Labute approximate surface area is 85.5 Å². The summed E-state index contributed by atoms with van der Waals surface area (Å²) >= 11 is 1.43. The van der Waals surface area contributed by atoms with Gasteiger partial charge in [0.1, 0.15) is 0 Å². The summed E-state index contributed by atoms with van der Waals surface area (Å²) in [5, 5.41) is 4.77. The van der Waals surface area contributed by atoms with Crippen molar-refractivity contribution in [3.05, 3.63) is 41.4 Å². The van der Waals surface area contributed by atoms with Crippen molar-refractivity contribution in [2.45, 2.75) is 6.92 Å². The van der Waals surface area contributed by atoms with Crippen molar-refractivity contribution in [3.8, 4) is 5.75 Å². The van der Waals surface area contributed by atoms with Crippen LogP contribution in [-0.4, -0.2) is 14.5 Å². The Kier molecular flexibility index (Phi) is 2.60. The summed E-state index contributed by atoms with van der Waals surface area (Å²) in [4.78, 5) is 6.92. The number of aromatic nitrogens is 3. The summed E-state index contributed by atoms with van der Waals surface area (Å²) in [5.41, 5.74) is 1.17. The zero-order valence-corrected chi connectivity index (χ0v) is 8.54. The van der Waals surface area contributed by atoms with Gasteiger partial charge in [0.25, 0.3) is 0 Å². The van der Waals surface area contributed by atoms with Crippen molar-refractivity contribution in [1.82, 2.24) is 14.5 Å². The molecule has 1 aromatic carbocycles. The van der Waals surface area contributed by atoms with E-state index in [4.69, 9.17) is 4.84 Å². The highest BCUT2D eigenvalue weighted by atomic mass is 32.1. The van der Waals surface area contributed by atoms with Crippen molar-refractivity contribution in [3.63, 3.8) is 0 Å². The molecule has 5 heteroatoms. The normalized spacial score (nSPS) is 9.79. The second kappa shape index (κ2) is 4.06. The Morgan fingerprint density at radius 1 is 1.43 bits per heavy atom. The summed E-state index contributed by atoms with van der Waals surface area (Å²) in [6.45, 7) is 2.03. The predicted octanol–water partition coefficient (Wildman–Crippen LogP) is 2.48. The molecule has 0 saturated carbocycles. The van der Waals surface area contributed by atoms with E-state index >= 15 is 0 Å². The van der Waals surface area contributed by atoms with Crippen molar-refractivity contribution >= 4 is 11.5 Å². The third kappa shape index (κ3) is 2.20. The van der Waals surface area contributed by atoms with Crippen molar-refractivity contribution in [1.29, 1.82) is 0 Å². The maximum absolute atomic E-state index is 5.48. The Balaban J connectivity index is 2.19. The molecule has 0 bridgehead atoms. The van der Waals surface area contributed by atoms with Crippen LogP contribution in [0.15, 0.2) is 35.8 Å². The van der Waals surface area contributed by atoms with Crippen LogP contribution in [0.25, 0.3) is 0 Å². The topological polar surface area (TPSA) is 45.7 Å². The zero-order chi connectivity index (χ0) is 9.80. The standard InChI is InChI=1S/C9H11N3OS/c1-8-3-2-4-9(7-8)13-12-10-5-6-14-11-12/h2-7,10-11H,1H3. The van der Waals surface area contributed by atoms with Crippen LogP contribution >= 0.6 is 11.5 Å². The van der Waals surface area contributed by atoms with Gasteiger partial charge in [0, 0.05) is 11.6 Å². The number of rotatable bonds is 2. The molecule has 0 amide bonds. The molecule has 2 N–H and O–H groups in total. The third-order valence-corrected chi connectivity index (χ3v) is 2.19. The molecular formula is C9H11N3OS. The number of nitrogens with one attached hydrogen (secondary N) is 2. The van der Waals surface area contributed by atoms with Gasteiger partial charge >= 0.3 is 0 Å². The molecular weight excluding hydrogens is 198 g/mol. The molecule has 0 aliphatic carbocycles. The molecule has 1 aromatic heterocycles. The van der Waals surface area contributed by atoms with Gasteiger partial charge < -0.3 is 4.84 Å². The Morgan fingerprint density at radius 3 is 3.07 bits per heavy atom. The van der Waals surface area contributed by atoms with Crippen LogP contribution in [0, 0.1) is 6.92 Å². The molecule has 0 aliphatic rings. The van der Waals surface area contributed by atoms with E-state index in [1.807, 2.05) is 36.6 Å². The first-order valence-corrected chi connectivity index (χ1v) is 5.10. The van der Waals surface area contributed by atoms with Crippen molar-refractivity contribution in [2.24, 2.45) is 0 Å². The van der Waals surface area contributed by atoms with Crippen LogP contribution in [0.2, 0.25) is 0 Å². The quantitative estimate of drug-likeness (QED) is 0.784. The minimum absolute atomic E-state index is 0.792. The van der Waals surface area contributed by atoms with Gasteiger partial charge in [0.05, 0.1) is 0 Å². The number of nitrogens with zero attached hydrogens (tertiary/aromatic N) is 1. The smallest absolute Gasteiger partial charge is 0.159 e. The summed E-state index contributed by atoms with van der Waals surface area (Å²) in [5.74, 6) is 0.792. The summed E-state index contributed by atoms with van der Waals surface area (Å²) in [6.07, 6.45) is 1.79. The highest BCUT2D eigenvalue weighted by molar-refractivity contribution is 7.03. The molecule has 0 aliphatic heterocycles. The van der Waals surface area contributed by atoms with Gasteiger partial charge in [-0.1, -0.05) is 12.1 Å². The molecule has 4 nitrogen and oxygen atoms in total. The Bertz CT molecular complexity index is 421.